The van der Waals surface area contributed by atoms with Gasteiger partial charge in [-0.25, -0.2) is 19.2 Å². The standard InChI is InChI=1S/C24H45N3O10.C12H22N2O6.C12H24O4.C10H20O4.C9H18O4.C5H10O2.CH4/c1-4-5-6-10-31-13-15-33-17-18-34-16-14-32-12-9-27-22(28)8-7-11-35-21(19-36-23(29)25-2)20-37-24(30)26-3;1-9(15)5-4-6-18-10(7-19-11(16)13-2)8-20-12(17)14-3;1-11(13)6-4-5-8-16-9-7-12(15-3)10-14-2;1-9(11)5-4-6-14-8-10(13-3)7-12-2;1-8(10)4-5-13-7-9(12-3)6-11-2;1-7-5-3-2-4-6;/h4,21H,1,5-20H2,2-3H3,(H,25,29)(H,26,30)(H,27,28);10H,4-8H2,1-3H3,(H,13,16)(H,14,17);12H,4-10H2,1-3H3;10H,4-8H2,1-3H3;9H,4-7H2,1-3H3;4H,2-3,5H2,1H3;1H4. The predicted molar refractivity (Wildman–Crippen MR) is 405 cm³/mol. The molecule has 0 saturated carbocycles. The first-order valence-electron chi connectivity index (χ1n) is 36.0. The zero-order valence-corrected chi connectivity index (χ0v) is 67.3. The highest BCUT2D eigenvalue weighted by Crippen LogP contribution is 2.05. The number of ether oxygens (including phenoxy) is 20. The van der Waals surface area contributed by atoms with E-state index in [0.29, 0.717) is 170 Å². The van der Waals surface area contributed by atoms with Gasteiger partial charge < -0.3 is 140 Å². The molecule has 0 aromatic rings. The number of rotatable bonds is 66. The SMILES string of the molecule is C.C=CCCCOCCOCCOCCOCCNC(=O)CCCOC(COC(=O)NC)COC(=O)NC.CNC(=O)OCC(COC(=O)NC)OCCCC(C)=O.COCC(CCOCCCCC(C)=O)OC.COCC(COCCC(C)=O)OC.COCC(COCCCC(C)=O)OC.COCCCC=O. The number of carbonyl (C=O) groups is 10. The van der Waals surface area contributed by atoms with Crippen molar-refractivity contribution in [2.24, 2.45) is 0 Å². The Morgan fingerprint density at radius 2 is 0.685 bits per heavy atom. The topological polar surface area (TPSA) is 415 Å². The number of ketones is 4. The first kappa shape index (κ1) is 115. The number of hydrogen-bond acceptors (Lipinski definition) is 30. The van der Waals surface area contributed by atoms with Gasteiger partial charge in [0.05, 0.1) is 92.0 Å². The minimum Gasteiger partial charge on any atom is -0.447 e. The molecule has 640 valence electrons. The molecular formula is C73H143N5O30. The Morgan fingerprint density at radius 1 is 0.333 bits per heavy atom. The molecule has 108 heavy (non-hydrogen) atoms. The molecule has 0 saturated heterocycles. The summed E-state index contributed by atoms with van der Waals surface area (Å²) >= 11 is 0. The smallest absolute Gasteiger partial charge is 0.406 e. The van der Waals surface area contributed by atoms with Crippen molar-refractivity contribution in [2.75, 3.05) is 243 Å². The number of amides is 5. The average Bonchev–Trinajstić information content (AvgIpc) is 0.980. The second-order valence-corrected chi connectivity index (χ2v) is 22.7. The lowest BCUT2D eigenvalue weighted by atomic mass is 10.2. The highest BCUT2D eigenvalue weighted by molar-refractivity contribution is 5.77. The van der Waals surface area contributed by atoms with Crippen molar-refractivity contribution in [2.45, 2.75) is 162 Å². The van der Waals surface area contributed by atoms with E-state index in [-0.39, 0.29) is 94.2 Å². The molecule has 0 aromatic heterocycles. The molecule has 0 aliphatic heterocycles. The van der Waals surface area contributed by atoms with Crippen LogP contribution in [0.2, 0.25) is 0 Å². The van der Waals surface area contributed by atoms with Gasteiger partial charge in [-0.3, -0.25) is 9.59 Å². The van der Waals surface area contributed by atoms with Crippen LogP contribution in [0.25, 0.3) is 0 Å². The molecule has 0 aromatic carbocycles. The number of unbranched alkanes of at least 4 members (excludes halogenated alkanes) is 3. The summed E-state index contributed by atoms with van der Waals surface area (Å²) in [5.74, 6) is 0.535. The number of methoxy groups -OCH3 is 7. The van der Waals surface area contributed by atoms with Crippen molar-refractivity contribution in [3.05, 3.63) is 12.7 Å². The van der Waals surface area contributed by atoms with Crippen LogP contribution < -0.4 is 26.6 Å². The van der Waals surface area contributed by atoms with Crippen LogP contribution >= 0.6 is 0 Å². The third kappa shape index (κ3) is 102. The summed E-state index contributed by atoms with van der Waals surface area (Å²) in [4.78, 5) is 109. The Hall–Kier alpha value is -6.00. The second-order valence-electron chi connectivity index (χ2n) is 22.7. The Morgan fingerprint density at radius 3 is 1.07 bits per heavy atom. The summed E-state index contributed by atoms with van der Waals surface area (Å²) in [5, 5.41) is 12.0. The van der Waals surface area contributed by atoms with Gasteiger partial charge in [0.2, 0.25) is 5.91 Å². The minimum atomic E-state index is -0.647. The minimum absolute atomic E-state index is 0. The highest BCUT2D eigenvalue weighted by atomic mass is 16.6. The van der Waals surface area contributed by atoms with Gasteiger partial charge in [-0.05, 0) is 85.5 Å². The lowest BCUT2D eigenvalue weighted by molar-refractivity contribution is -0.122. The molecule has 35 heteroatoms. The van der Waals surface area contributed by atoms with Gasteiger partial charge in [0.25, 0.3) is 0 Å². The van der Waals surface area contributed by atoms with Gasteiger partial charge >= 0.3 is 24.4 Å². The van der Waals surface area contributed by atoms with E-state index in [1.54, 1.807) is 70.5 Å². The molecule has 0 radical (unpaired) electrons. The van der Waals surface area contributed by atoms with E-state index in [1.165, 1.54) is 35.1 Å². The molecule has 3 atom stereocenters. The summed E-state index contributed by atoms with van der Waals surface area (Å²) in [6.07, 6.45) is 9.44. The lowest BCUT2D eigenvalue weighted by Crippen LogP contribution is -2.33. The van der Waals surface area contributed by atoms with Crippen molar-refractivity contribution in [3.8, 4) is 0 Å². The van der Waals surface area contributed by atoms with Crippen LogP contribution in [0.5, 0.6) is 0 Å². The van der Waals surface area contributed by atoms with Crippen molar-refractivity contribution in [3.63, 3.8) is 0 Å². The molecule has 0 bridgehead atoms. The Balaban J connectivity index is -0.000000244. The summed E-state index contributed by atoms with van der Waals surface area (Å²) in [6.45, 7) is 20.4. The molecule has 0 aliphatic carbocycles. The van der Waals surface area contributed by atoms with Crippen molar-refractivity contribution >= 4 is 59.7 Å². The van der Waals surface area contributed by atoms with E-state index in [4.69, 9.17) is 90.0 Å². The number of alkyl carbamates (subject to hydrolysis) is 4. The molecule has 5 N–H and O–H groups in total. The molecule has 0 heterocycles. The first-order chi connectivity index (χ1) is 51.5. The average molecular weight is 1570 g/mol. The van der Waals surface area contributed by atoms with Crippen LogP contribution in [0.4, 0.5) is 19.2 Å². The number of Topliss-reactive ketones (excluding diaryl/α,β-unsaturated/α-hetero) is 4. The van der Waals surface area contributed by atoms with E-state index < -0.39 is 36.6 Å². The second kappa shape index (κ2) is 95.2. The number of allylic oxidation sites excluding steroid dienone is 1. The molecule has 3 unspecified atom stereocenters. The Kier molecular flexibility index (Phi) is 102. The van der Waals surface area contributed by atoms with Crippen LogP contribution in [-0.2, 0) is 124 Å². The van der Waals surface area contributed by atoms with Gasteiger partial charge in [-0.1, -0.05) is 13.5 Å². The summed E-state index contributed by atoms with van der Waals surface area (Å²) in [7, 11) is 17.2. The van der Waals surface area contributed by atoms with E-state index in [2.05, 4.69) is 37.9 Å². The van der Waals surface area contributed by atoms with Crippen LogP contribution in [0.1, 0.15) is 131 Å². The summed E-state index contributed by atoms with van der Waals surface area (Å²) < 4.78 is 103. The fraction of sp³-hybridized carbons (Fsp3) is 0.836. The van der Waals surface area contributed by atoms with Crippen LogP contribution in [0.15, 0.2) is 12.7 Å². The van der Waals surface area contributed by atoms with Gasteiger partial charge in [0, 0.05) is 169 Å². The van der Waals surface area contributed by atoms with E-state index in [1.807, 2.05) is 6.08 Å². The molecular weight excluding hydrogens is 1430 g/mol. The third-order valence-electron chi connectivity index (χ3n) is 13.1. The van der Waals surface area contributed by atoms with Gasteiger partial charge in [0.1, 0.15) is 80.3 Å². The third-order valence-corrected chi connectivity index (χ3v) is 13.1. The predicted octanol–water partition coefficient (Wildman–Crippen LogP) is 6.20. The molecule has 0 fully saturated rings. The normalized spacial score (nSPS) is 11.2. The first-order valence-corrected chi connectivity index (χ1v) is 36.0. The highest BCUT2D eigenvalue weighted by Gasteiger charge is 2.17. The molecule has 0 spiro atoms. The summed E-state index contributed by atoms with van der Waals surface area (Å²) in [6, 6.07) is 0. The lowest BCUT2D eigenvalue weighted by Gasteiger charge is -2.17. The van der Waals surface area contributed by atoms with Crippen LogP contribution in [0, 0.1) is 0 Å². The van der Waals surface area contributed by atoms with Crippen LogP contribution in [-0.4, -0.2) is 333 Å². The maximum Gasteiger partial charge on any atom is 0.406 e. The number of nitrogens with one attached hydrogen (secondary N) is 5. The van der Waals surface area contributed by atoms with Crippen molar-refractivity contribution in [1.29, 1.82) is 0 Å². The van der Waals surface area contributed by atoms with Crippen molar-refractivity contribution in [1.82, 2.24) is 26.6 Å². The quantitative estimate of drug-likeness (QED) is 0.0196. The maximum atomic E-state index is 11.9. The van der Waals surface area contributed by atoms with Crippen LogP contribution in [0.3, 0.4) is 0 Å². The fourth-order valence-electron chi connectivity index (χ4n) is 7.22. The maximum absolute atomic E-state index is 11.9. The zero-order chi connectivity index (χ0) is 81.5. The van der Waals surface area contributed by atoms with E-state index in [0.717, 1.165) is 57.8 Å². The van der Waals surface area contributed by atoms with Gasteiger partial charge in [0.15, 0.2) is 0 Å². The summed E-state index contributed by atoms with van der Waals surface area (Å²) in [5.41, 5.74) is 0. The number of carbonyl (C=O) groups excluding carboxylic acids is 10. The fourth-order valence-corrected chi connectivity index (χ4v) is 7.22. The van der Waals surface area contributed by atoms with E-state index >= 15 is 0 Å². The van der Waals surface area contributed by atoms with E-state index in [9.17, 15) is 47.9 Å². The zero-order valence-electron chi connectivity index (χ0n) is 67.3. The molecule has 0 rings (SSSR count). The number of aldehydes is 1. The monoisotopic (exact) mass is 1570 g/mol. The molecule has 5 amide bonds. The molecule has 35 nitrogen and oxygen atoms in total. The van der Waals surface area contributed by atoms with Gasteiger partial charge in [-0.15, -0.1) is 6.58 Å². The van der Waals surface area contributed by atoms with Crippen molar-refractivity contribution < 1.29 is 143 Å². The Labute approximate surface area is 644 Å². The van der Waals surface area contributed by atoms with Gasteiger partial charge in [-0.2, -0.15) is 0 Å². The largest absolute Gasteiger partial charge is 0.447 e. The molecule has 0 aliphatic rings. The Bertz CT molecular complexity index is 2040. The number of hydrogen-bond donors (Lipinski definition) is 5.